The van der Waals surface area contributed by atoms with Crippen LogP contribution in [0.1, 0.15) is 29.0 Å². The molecular formula is C45H29N3O2S. The van der Waals surface area contributed by atoms with Crippen molar-refractivity contribution in [3.05, 3.63) is 168 Å². The molecule has 0 spiro atoms. The van der Waals surface area contributed by atoms with Gasteiger partial charge in [0.25, 0.3) is 0 Å². The number of thiophene rings is 1. The molecule has 0 radical (unpaired) electrons. The Kier molecular flexibility index (Phi) is 6.26. The highest BCUT2D eigenvalue weighted by Gasteiger charge is 2.28. The zero-order chi connectivity index (χ0) is 33.5. The minimum Gasteiger partial charge on any atom is -0.456 e. The highest BCUT2D eigenvalue weighted by atomic mass is 32.1. The number of rotatable bonds is 4. The molecule has 2 unspecified atom stereocenters. The first-order valence-electron chi connectivity index (χ1n) is 17.2. The second kappa shape index (κ2) is 11.2. The van der Waals surface area contributed by atoms with Crippen LogP contribution in [0.3, 0.4) is 0 Å². The molecule has 10 aromatic rings. The summed E-state index contributed by atoms with van der Waals surface area (Å²) in [7, 11) is 0. The quantitative estimate of drug-likeness (QED) is 0.195. The van der Waals surface area contributed by atoms with Crippen LogP contribution in [0.4, 0.5) is 0 Å². The Labute approximate surface area is 296 Å². The molecule has 0 aliphatic carbocycles. The third kappa shape index (κ3) is 4.54. The van der Waals surface area contributed by atoms with Gasteiger partial charge in [0.15, 0.2) is 0 Å². The summed E-state index contributed by atoms with van der Waals surface area (Å²) in [5, 5.41) is 14.5. The first kappa shape index (κ1) is 28.6. The first-order chi connectivity index (χ1) is 25.2. The lowest BCUT2D eigenvalue weighted by Gasteiger charge is -2.32. The van der Waals surface area contributed by atoms with Crippen LogP contribution in [0, 0.1) is 0 Å². The van der Waals surface area contributed by atoms with Gasteiger partial charge in [0.05, 0.1) is 0 Å². The molecule has 0 amide bonds. The minimum absolute atomic E-state index is 0.271. The van der Waals surface area contributed by atoms with E-state index in [9.17, 15) is 0 Å². The first-order valence-corrected chi connectivity index (χ1v) is 18.0. The standard InChI is InChI=1S/C45H29N3O2S/c1-2-10-26(11-3-1)43-46-44(28-20-22-31-30-12-4-6-18-37(30)49-39(31)25-28)48-45(47-43)35-17-9-15-33-36-24-27(21-23-38(36)50-41(33)35)29-14-8-16-34-32-13-5-7-19-40(32)51-42(29)34/h1-25,43,45,47H,(H,46,48). The smallest absolute Gasteiger partial charge is 0.142 e. The van der Waals surface area contributed by atoms with E-state index in [1.807, 2.05) is 35.6 Å². The van der Waals surface area contributed by atoms with Gasteiger partial charge in [0.2, 0.25) is 0 Å². The Morgan fingerprint density at radius 3 is 2.22 bits per heavy atom. The predicted octanol–water partition coefficient (Wildman–Crippen LogP) is 11.9. The summed E-state index contributed by atoms with van der Waals surface area (Å²) in [5.74, 6) is 0.793. The molecule has 5 nitrogen and oxygen atoms in total. The van der Waals surface area contributed by atoms with E-state index in [1.165, 1.54) is 31.3 Å². The molecule has 6 heteroatoms. The molecule has 0 bridgehead atoms. The fourth-order valence-corrected chi connectivity index (χ4v) is 8.97. The molecule has 4 heterocycles. The van der Waals surface area contributed by atoms with Crippen LogP contribution in [-0.2, 0) is 0 Å². The van der Waals surface area contributed by atoms with Gasteiger partial charge in [0.1, 0.15) is 40.5 Å². The van der Waals surface area contributed by atoms with Crippen molar-refractivity contribution >= 4 is 81.2 Å². The minimum atomic E-state index is -0.273. The maximum Gasteiger partial charge on any atom is 0.142 e. The van der Waals surface area contributed by atoms with Crippen molar-refractivity contribution in [2.75, 3.05) is 0 Å². The second-order valence-corrected chi connectivity index (χ2v) is 14.2. The number of aliphatic imine (C=N–C) groups is 1. The van der Waals surface area contributed by atoms with Crippen molar-refractivity contribution in [2.45, 2.75) is 12.3 Å². The van der Waals surface area contributed by atoms with Gasteiger partial charge in [-0.25, -0.2) is 4.99 Å². The third-order valence-electron chi connectivity index (χ3n) is 10.2. The largest absolute Gasteiger partial charge is 0.456 e. The van der Waals surface area contributed by atoms with Gasteiger partial charge >= 0.3 is 0 Å². The van der Waals surface area contributed by atoms with Crippen LogP contribution in [0.15, 0.2) is 165 Å². The summed E-state index contributed by atoms with van der Waals surface area (Å²) in [5.41, 5.74) is 8.94. The molecule has 2 atom stereocenters. The predicted molar refractivity (Wildman–Crippen MR) is 210 cm³/mol. The summed E-state index contributed by atoms with van der Waals surface area (Å²) in [6, 6.07) is 53.2. The molecule has 3 aromatic heterocycles. The zero-order valence-electron chi connectivity index (χ0n) is 27.3. The Hall–Kier alpha value is -6.21. The molecule has 1 aliphatic rings. The van der Waals surface area contributed by atoms with Crippen molar-refractivity contribution in [3.8, 4) is 11.1 Å². The van der Waals surface area contributed by atoms with E-state index >= 15 is 0 Å². The van der Waals surface area contributed by atoms with E-state index in [2.05, 4.69) is 138 Å². The van der Waals surface area contributed by atoms with Gasteiger partial charge in [-0.2, -0.15) is 0 Å². The molecule has 1 aliphatic heterocycles. The second-order valence-electron chi connectivity index (χ2n) is 13.2. The lowest BCUT2D eigenvalue weighted by molar-refractivity contribution is 0.408. The molecule has 0 saturated carbocycles. The topological polar surface area (TPSA) is 62.7 Å². The van der Waals surface area contributed by atoms with E-state index in [0.29, 0.717) is 0 Å². The van der Waals surface area contributed by atoms with Crippen molar-refractivity contribution in [1.29, 1.82) is 0 Å². The van der Waals surface area contributed by atoms with Gasteiger partial charge < -0.3 is 14.2 Å². The number of hydrogen-bond acceptors (Lipinski definition) is 6. The number of fused-ring (bicyclic) bond motifs is 9. The van der Waals surface area contributed by atoms with Gasteiger partial charge in [-0.1, -0.05) is 115 Å². The average Bonchev–Trinajstić information content (AvgIpc) is 3.88. The van der Waals surface area contributed by atoms with E-state index in [-0.39, 0.29) is 12.3 Å². The van der Waals surface area contributed by atoms with Crippen molar-refractivity contribution in [3.63, 3.8) is 0 Å². The number of benzene rings is 7. The van der Waals surface area contributed by atoms with Crippen LogP contribution in [0.2, 0.25) is 0 Å². The van der Waals surface area contributed by atoms with Crippen LogP contribution < -0.4 is 10.6 Å². The number of nitrogens with zero attached hydrogens (tertiary/aromatic N) is 1. The van der Waals surface area contributed by atoms with E-state index in [4.69, 9.17) is 13.8 Å². The van der Waals surface area contributed by atoms with Gasteiger partial charge in [-0.3, -0.25) is 5.32 Å². The van der Waals surface area contributed by atoms with E-state index in [0.717, 1.165) is 66.4 Å². The number of nitrogens with one attached hydrogen (secondary N) is 2. The SMILES string of the molecule is c1ccc(C2N=C(c3ccc4c(c3)oc3ccccc34)NC(c3cccc4c3oc3ccc(-c5cccc6c5sc5ccccc56)cc34)N2)cc1. The summed E-state index contributed by atoms with van der Waals surface area (Å²) in [6.07, 6.45) is -0.544. The molecule has 7 aromatic carbocycles. The molecule has 242 valence electrons. The Morgan fingerprint density at radius 1 is 0.529 bits per heavy atom. The van der Waals surface area contributed by atoms with Crippen LogP contribution in [0.25, 0.3) is 75.2 Å². The van der Waals surface area contributed by atoms with Crippen molar-refractivity contribution in [1.82, 2.24) is 10.6 Å². The zero-order valence-corrected chi connectivity index (χ0v) is 28.1. The Balaban J connectivity index is 1.02. The fraction of sp³-hybridized carbons (Fsp3) is 0.0444. The third-order valence-corrected chi connectivity index (χ3v) is 11.4. The highest BCUT2D eigenvalue weighted by molar-refractivity contribution is 7.26. The lowest BCUT2D eigenvalue weighted by Crippen LogP contribution is -2.45. The van der Waals surface area contributed by atoms with Crippen LogP contribution in [-0.4, -0.2) is 5.84 Å². The van der Waals surface area contributed by atoms with Gasteiger partial charge in [0, 0.05) is 52.8 Å². The molecule has 2 N–H and O–H groups in total. The number of para-hydroxylation sites is 2. The highest BCUT2D eigenvalue weighted by Crippen LogP contribution is 2.42. The van der Waals surface area contributed by atoms with Crippen molar-refractivity contribution in [2.24, 2.45) is 4.99 Å². The van der Waals surface area contributed by atoms with E-state index in [1.54, 1.807) is 0 Å². The number of hydrogen-bond donors (Lipinski definition) is 2. The van der Waals surface area contributed by atoms with Gasteiger partial charge in [-0.05, 0) is 53.1 Å². The normalized spacial score (nSPS) is 16.4. The van der Waals surface area contributed by atoms with Crippen LogP contribution in [0.5, 0.6) is 0 Å². The van der Waals surface area contributed by atoms with E-state index < -0.39 is 0 Å². The van der Waals surface area contributed by atoms with Crippen molar-refractivity contribution < 1.29 is 8.83 Å². The number of furan rings is 2. The molecule has 51 heavy (non-hydrogen) atoms. The summed E-state index contributed by atoms with van der Waals surface area (Å²) in [4.78, 5) is 5.19. The average molecular weight is 676 g/mol. The molecular weight excluding hydrogens is 647 g/mol. The number of amidine groups is 1. The van der Waals surface area contributed by atoms with Gasteiger partial charge in [-0.15, -0.1) is 11.3 Å². The Morgan fingerprint density at radius 2 is 1.27 bits per heavy atom. The molecule has 0 fully saturated rings. The fourth-order valence-electron chi connectivity index (χ4n) is 7.73. The lowest BCUT2D eigenvalue weighted by atomic mass is 9.99. The summed E-state index contributed by atoms with van der Waals surface area (Å²) >= 11 is 1.86. The summed E-state index contributed by atoms with van der Waals surface area (Å²) in [6.45, 7) is 0. The molecule has 0 saturated heterocycles. The maximum atomic E-state index is 6.70. The Bertz CT molecular complexity index is 3010. The molecule has 11 rings (SSSR count). The monoisotopic (exact) mass is 675 g/mol. The summed E-state index contributed by atoms with van der Waals surface area (Å²) < 4.78 is 15.6. The van der Waals surface area contributed by atoms with Crippen LogP contribution >= 0.6 is 11.3 Å². The maximum absolute atomic E-state index is 6.70.